The molecule has 3 rings (SSSR count). The van der Waals surface area contributed by atoms with Gasteiger partial charge in [-0.3, -0.25) is 4.98 Å². The molecule has 1 N–H and O–H groups in total. The van der Waals surface area contributed by atoms with E-state index in [9.17, 15) is 0 Å². The molecule has 1 aliphatic heterocycles. The minimum atomic E-state index is 0.360. The molecule has 0 spiro atoms. The number of nitrogens with one attached hydrogen (secondary N) is 1. The molecular weight excluding hydrogens is 210 g/mol. The fraction of sp³-hybridized carbons (Fsp3) is 0.357. The number of fused-ring (bicyclic) bond motifs is 1. The van der Waals surface area contributed by atoms with Gasteiger partial charge in [-0.2, -0.15) is 0 Å². The Morgan fingerprint density at radius 3 is 3.00 bits per heavy atom. The highest BCUT2D eigenvalue weighted by molar-refractivity contribution is 5.78. The summed E-state index contributed by atoms with van der Waals surface area (Å²) in [6, 6.07) is 12.9. The van der Waals surface area contributed by atoms with E-state index in [1.165, 1.54) is 5.39 Å². The van der Waals surface area contributed by atoms with E-state index in [2.05, 4.69) is 47.6 Å². The van der Waals surface area contributed by atoms with Gasteiger partial charge in [-0.15, -0.1) is 0 Å². The molecule has 17 heavy (non-hydrogen) atoms. The molecular formula is C14H17N3. The standard InChI is InChI=1S/C14H17N3/c1-17-9-8-15-14(10-17)13-7-6-11-4-2-3-5-12(11)16-13/h2-7,14-15H,8-10H2,1H3. The van der Waals surface area contributed by atoms with Crippen LogP contribution in [0.3, 0.4) is 0 Å². The molecule has 1 aliphatic rings. The van der Waals surface area contributed by atoms with Crippen molar-refractivity contribution < 1.29 is 0 Å². The van der Waals surface area contributed by atoms with Gasteiger partial charge in [0.1, 0.15) is 0 Å². The van der Waals surface area contributed by atoms with Crippen LogP contribution in [0.15, 0.2) is 36.4 Å². The lowest BCUT2D eigenvalue weighted by Crippen LogP contribution is -2.43. The van der Waals surface area contributed by atoms with Crippen LogP contribution in [0.1, 0.15) is 11.7 Å². The summed E-state index contributed by atoms with van der Waals surface area (Å²) < 4.78 is 0. The normalized spacial score (nSPS) is 21.8. The minimum Gasteiger partial charge on any atom is -0.306 e. The highest BCUT2D eigenvalue weighted by Crippen LogP contribution is 2.18. The highest BCUT2D eigenvalue weighted by atomic mass is 15.2. The summed E-state index contributed by atoms with van der Waals surface area (Å²) in [7, 11) is 2.16. The summed E-state index contributed by atoms with van der Waals surface area (Å²) >= 11 is 0. The van der Waals surface area contributed by atoms with Crippen LogP contribution < -0.4 is 5.32 Å². The summed E-state index contributed by atoms with van der Waals surface area (Å²) in [4.78, 5) is 7.09. The third-order valence-corrected chi connectivity index (χ3v) is 3.36. The lowest BCUT2D eigenvalue weighted by Gasteiger charge is -2.30. The second kappa shape index (κ2) is 4.43. The van der Waals surface area contributed by atoms with Gasteiger partial charge in [-0.05, 0) is 19.2 Å². The predicted molar refractivity (Wildman–Crippen MR) is 70.0 cm³/mol. The monoisotopic (exact) mass is 227 g/mol. The summed E-state index contributed by atoms with van der Waals surface area (Å²) in [5.41, 5.74) is 2.23. The molecule has 0 bridgehead atoms. The molecule has 2 heterocycles. The van der Waals surface area contributed by atoms with Crippen LogP contribution in [0, 0.1) is 0 Å². The number of likely N-dealkylation sites (N-methyl/N-ethyl adjacent to an activating group) is 1. The lowest BCUT2D eigenvalue weighted by atomic mass is 10.1. The lowest BCUT2D eigenvalue weighted by molar-refractivity contribution is 0.238. The first-order chi connectivity index (χ1) is 8.33. The summed E-state index contributed by atoms with van der Waals surface area (Å²) in [6.45, 7) is 3.19. The third-order valence-electron chi connectivity index (χ3n) is 3.36. The number of rotatable bonds is 1. The molecule has 2 aromatic rings. The Bertz CT molecular complexity index is 524. The number of piperazine rings is 1. The topological polar surface area (TPSA) is 28.2 Å². The van der Waals surface area contributed by atoms with Crippen LogP contribution in [0.4, 0.5) is 0 Å². The van der Waals surface area contributed by atoms with Crippen molar-refractivity contribution in [1.82, 2.24) is 15.2 Å². The largest absolute Gasteiger partial charge is 0.306 e. The van der Waals surface area contributed by atoms with Crippen molar-refractivity contribution in [2.75, 3.05) is 26.7 Å². The second-order valence-corrected chi connectivity index (χ2v) is 4.70. The third kappa shape index (κ3) is 2.16. The Kier molecular flexibility index (Phi) is 2.79. The quantitative estimate of drug-likeness (QED) is 0.805. The summed E-state index contributed by atoms with van der Waals surface area (Å²) in [6.07, 6.45) is 0. The first kappa shape index (κ1) is 10.7. The van der Waals surface area contributed by atoms with Gasteiger partial charge in [-0.1, -0.05) is 24.3 Å². The van der Waals surface area contributed by atoms with E-state index in [0.717, 1.165) is 30.8 Å². The summed E-state index contributed by atoms with van der Waals surface area (Å²) in [5, 5.41) is 4.74. The van der Waals surface area contributed by atoms with Crippen molar-refractivity contribution in [3.8, 4) is 0 Å². The second-order valence-electron chi connectivity index (χ2n) is 4.70. The SMILES string of the molecule is CN1CCNC(c2ccc3ccccc3n2)C1. The Morgan fingerprint density at radius 2 is 2.12 bits per heavy atom. The smallest absolute Gasteiger partial charge is 0.0706 e. The molecule has 3 nitrogen and oxygen atoms in total. The molecule has 1 saturated heterocycles. The van der Waals surface area contributed by atoms with Crippen molar-refractivity contribution in [3.05, 3.63) is 42.1 Å². The van der Waals surface area contributed by atoms with E-state index >= 15 is 0 Å². The van der Waals surface area contributed by atoms with Crippen molar-refractivity contribution in [2.45, 2.75) is 6.04 Å². The van der Waals surface area contributed by atoms with Gasteiger partial charge in [0.2, 0.25) is 0 Å². The van der Waals surface area contributed by atoms with E-state index in [0.29, 0.717) is 6.04 Å². The van der Waals surface area contributed by atoms with Gasteiger partial charge >= 0.3 is 0 Å². The molecule has 0 aliphatic carbocycles. The maximum atomic E-state index is 4.74. The molecule has 1 fully saturated rings. The van der Waals surface area contributed by atoms with Crippen LogP contribution in [0.2, 0.25) is 0 Å². The van der Waals surface area contributed by atoms with Gasteiger partial charge in [0.15, 0.2) is 0 Å². The van der Waals surface area contributed by atoms with Crippen molar-refractivity contribution in [2.24, 2.45) is 0 Å². The first-order valence-corrected chi connectivity index (χ1v) is 6.10. The summed E-state index contributed by atoms with van der Waals surface area (Å²) in [5.74, 6) is 0. The van der Waals surface area contributed by atoms with Gasteiger partial charge in [0, 0.05) is 25.0 Å². The predicted octanol–water partition coefficient (Wildman–Crippen LogP) is 1.81. The molecule has 3 heteroatoms. The maximum absolute atomic E-state index is 4.74. The average molecular weight is 227 g/mol. The zero-order valence-electron chi connectivity index (χ0n) is 10.1. The maximum Gasteiger partial charge on any atom is 0.0706 e. The molecule has 0 amide bonds. The van der Waals surface area contributed by atoms with Crippen LogP contribution in [0.25, 0.3) is 10.9 Å². The number of pyridine rings is 1. The van der Waals surface area contributed by atoms with Crippen LogP contribution in [0.5, 0.6) is 0 Å². The molecule has 0 saturated carbocycles. The zero-order valence-corrected chi connectivity index (χ0v) is 10.1. The fourth-order valence-corrected chi connectivity index (χ4v) is 2.37. The van der Waals surface area contributed by atoms with Crippen LogP contribution in [-0.2, 0) is 0 Å². The van der Waals surface area contributed by atoms with Gasteiger partial charge in [0.25, 0.3) is 0 Å². The van der Waals surface area contributed by atoms with Gasteiger partial charge in [-0.25, -0.2) is 0 Å². The molecule has 0 radical (unpaired) electrons. The molecule has 1 atom stereocenters. The number of hydrogen-bond donors (Lipinski definition) is 1. The van der Waals surface area contributed by atoms with Crippen LogP contribution >= 0.6 is 0 Å². The van der Waals surface area contributed by atoms with E-state index in [4.69, 9.17) is 4.98 Å². The van der Waals surface area contributed by atoms with Crippen LogP contribution in [-0.4, -0.2) is 36.6 Å². The zero-order chi connectivity index (χ0) is 11.7. The molecule has 88 valence electrons. The van der Waals surface area contributed by atoms with Gasteiger partial charge < -0.3 is 10.2 Å². The van der Waals surface area contributed by atoms with Gasteiger partial charge in [0.05, 0.1) is 17.3 Å². The highest BCUT2D eigenvalue weighted by Gasteiger charge is 2.19. The fourth-order valence-electron chi connectivity index (χ4n) is 2.37. The van der Waals surface area contributed by atoms with E-state index in [1.807, 2.05) is 6.07 Å². The Balaban J connectivity index is 1.94. The van der Waals surface area contributed by atoms with E-state index < -0.39 is 0 Å². The Labute approximate surface area is 101 Å². The van der Waals surface area contributed by atoms with Crippen molar-refractivity contribution in [3.63, 3.8) is 0 Å². The Morgan fingerprint density at radius 1 is 1.24 bits per heavy atom. The number of benzene rings is 1. The van der Waals surface area contributed by atoms with E-state index in [-0.39, 0.29) is 0 Å². The number of aromatic nitrogens is 1. The molecule has 1 unspecified atom stereocenters. The first-order valence-electron chi connectivity index (χ1n) is 6.10. The van der Waals surface area contributed by atoms with E-state index in [1.54, 1.807) is 0 Å². The number of nitrogens with zero attached hydrogens (tertiary/aromatic N) is 2. The van der Waals surface area contributed by atoms with Crippen molar-refractivity contribution in [1.29, 1.82) is 0 Å². The number of hydrogen-bond acceptors (Lipinski definition) is 3. The minimum absolute atomic E-state index is 0.360. The molecule has 1 aromatic heterocycles. The Hall–Kier alpha value is -1.45. The number of para-hydroxylation sites is 1. The van der Waals surface area contributed by atoms with Crippen molar-refractivity contribution >= 4 is 10.9 Å². The molecule has 1 aromatic carbocycles. The average Bonchev–Trinajstić information content (AvgIpc) is 2.38.